The van der Waals surface area contributed by atoms with E-state index in [0.29, 0.717) is 35.5 Å². The number of carbonyl (C=O) groups is 1. The Bertz CT molecular complexity index is 1360. The predicted octanol–water partition coefficient (Wildman–Crippen LogP) is 5.10. The van der Waals surface area contributed by atoms with Crippen LogP contribution in [0.4, 0.5) is 16.2 Å². The van der Waals surface area contributed by atoms with Crippen LogP contribution in [-0.4, -0.2) is 66.1 Å². The van der Waals surface area contributed by atoms with Gasteiger partial charge in [-0.2, -0.15) is 0 Å². The number of rotatable bonds is 10. The second-order valence-corrected chi connectivity index (χ2v) is 12.4. The first-order valence-corrected chi connectivity index (χ1v) is 15.4. The summed E-state index contributed by atoms with van der Waals surface area (Å²) in [6, 6.07) is 14.4. The summed E-state index contributed by atoms with van der Waals surface area (Å²) < 4.78 is 30.9. The number of pyridine rings is 2. The third-order valence-electron chi connectivity index (χ3n) is 6.57. The van der Waals surface area contributed by atoms with Gasteiger partial charge in [-0.05, 0) is 67.6 Å². The number of benzene rings is 1. The van der Waals surface area contributed by atoms with E-state index in [1.165, 1.54) is 0 Å². The largest absolute Gasteiger partial charge is 0.439 e. The van der Waals surface area contributed by atoms with Gasteiger partial charge >= 0.3 is 6.03 Å². The fraction of sp³-hybridized carbons (Fsp3) is 0.414. The highest BCUT2D eigenvalue weighted by molar-refractivity contribution is 7.92. The molecule has 2 amide bonds. The van der Waals surface area contributed by atoms with Crippen LogP contribution >= 0.6 is 0 Å². The summed E-state index contributed by atoms with van der Waals surface area (Å²) in [5.74, 6) is 1.40. The third-order valence-corrected chi connectivity index (χ3v) is 7.17. The van der Waals surface area contributed by atoms with E-state index >= 15 is 0 Å². The molecule has 3 heterocycles. The number of nitrogens with zero attached hydrogens (tertiary/aromatic N) is 4. The van der Waals surface area contributed by atoms with Gasteiger partial charge in [-0.15, -0.1) is 0 Å². The first kappa shape index (κ1) is 29.3. The number of nitrogens with one attached hydrogen (secondary N) is 2. The summed E-state index contributed by atoms with van der Waals surface area (Å²) in [6.45, 7) is 9.46. The molecular formula is C29H38N6O4S. The summed E-state index contributed by atoms with van der Waals surface area (Å²) in [5.41, 5.74) is 3.18. The quantitative estimate of drug-likeness (QED) is 0.351. The molecule has 0 atom stereocenters. The van der Waals surface area contributed by atoms with E-state index in [-0.39, 0.29) is 12.1 Å². The van der Waals surface area contributed by atoms with Gasteiger partial charge in [0.15, 0.2) is 0 Å². The zero-order chi connectivity index (χ0) is 28.7. The molecule has 1 aliphatic heterocycles. The molecule has 3 aromatic rings. The number of piperidine rings is 1. The number of anilines is 2. The van der Waals surface area contributed by atoms with Gasteiger partial charge in [0.05, 0.1) is 18.1 Å². The van der Waals surface area contributed by atoms with E-state index in [2.05, 4.69) is 38.8 Å². The summed E-state index contributed by atoms with van der Waals surface area (Å²) in [4.78, 5) is 26.3. The first-order chi connectivity index (χ1) is 19.0. The van der Waals surface area contributed by atoms with Crippen molar-refractivity contribution in [3.8, 4) is 11.6 Å². The average Bonchev–Trinajstić information content (AvgIpc) is 2.90. The van der Waals surface area contributed by atoms with Crippen molar-refractivity contribution in [3.63, 3.8) is 0 Å². The number of carbonyl (C=O) groups excluding carboxylic acids is 1. The Labute approximate surface area is 236 Å². The number of ether oxygens (including phenoxy) is 1. The van der Waals surface area contributed by atoms with Crippen LogP contribution in [0.1, 0.15) is 37.9 Å². The minimum Gasteiger partial charge on any atom is -0.439 e. The molecule has 40 heavy (non-hydrogen) atoms. The molecule has 0 aliphatic carbocycles. The monoisotopic (exact) mass is 566 g/mol. The van der Waals surface area contributed by atoms with Crippen molar-refractivity contribution in [1.82, 2.24) is 19.8 Å². The van der Waals surface area contributed by atoms with E-state index in [4.69, 9.17) is 4.74 Å². The van der Waals surface area contributed by atoms with Crippen molar-refractivity contribution in [2.45, 2.75) is 46.2 Å². The molecular weight excluding hydrogens is 528 g/mol. The van der Waals surface area contributed by atoms with Crippen LogP contribution in [-0.2, 0) is 16.6 Å². The molecule has 0 spiro atoms. The van der Waals surface area contributed by atoms with E-state index in [1.807, 2.05) is 42.3 Å². The summed E-state index contributed by atoms with van der Waals surface area (Å²) in [5, 5.41) is 3.02. The molecule has 0 unspecified atom stereocenters. The van der Waals surface area contributed by atoms with Gasteiger partial charge in [-0.3, -0.25) is 14.6 Å². The fourth-order valence-corrected chi connectivity index (χ4v) is 5.23. The van der Waals surface area contributed by atoms with Gasteiger partial charge in [-0.1, -0.05) is 19.9 Å². The lowest BCUT2D eigenvalue weighted by atomic mass is 10.0. The van der Waals surface area contributed by atoms with Gasteiger partial charge in [0.25, 0.3) is 0 Å². The molecule has 4 rings (SSSR count). The summed E-state index contributed by atoms with van der Waals surface area (Å²) in [6.07, 6.45) is 6.44. The molecule has 214 valence electrons. The van der Waals surface area contributed by atoms with Crippen LogP contribution in [0.3, 0.4) is 0 Å². The maximum absolute atomic E-state index is 13.2. The number of likely N-dealkylation sites (tertiary alicyclic amines) is 1. The molecule has 1 aliphatic rings. The number of hydrogen-bond donors (Lipinski definition) is 2. The number of aryl methyl sites for hydroxylation is 1. The molecule has 0 bridgehead atoms. The van der Waals surface area contributed by atoms with Gasteiger partial charge in [0.1, 0.15) is 5.75 Å². The average molecular weight is 567 g/mol. The number of amides is 2. The second-order valence-electron chi connectivity index (χ2n) is 10.7. The smallest absolute Gasteiger partial charge is 0.322 e. The molecule has 11 heteroatoms. The molecule has 1 fully saturated rings. The third kappa shape index (κ3) is 8.92. The van der Waals surface area contributed by atoms with Crippen molar-refractivity contribution in [3.05, 3.63) is 72.2 Å². The number of hydrogen-bond acceptors (Lipinski definition) is 7. The Kier molecular flexibility index (Phi) is 9.59. The summed E-state index contributed by atoms with van der Waals surface area (Å²) in [7, 11) is -3.32. The van der Waals surface area contributed by atoms with E-state index < -0.39 is 10.0 Å². The lowest BCUT2D eigenvalue weighted by Crippen LogP contribution is -2.49. The fourth-order valence-electron chi connectivity index (χ4n) is 4.67. The van der Waals surface area contributed by atoms with E-state index in [9.17, 15) is 13.2 Å². The number of urea groups is 1. The molecule has 1 aromatic carbocycles. The predicted molar refractivity (Wildman–Crippen MR) is 157 cm³/mol. The minimum atomic E-state index is -3.32. The molecule has 2 N–H and O–H groups in total. The number of sulfonamides is 1. The number of aromatic nitrogens is 2. The van der Waals surface area contributed by atoms with Crippen LogP contribution < -0.4 is 14.8 Å². The first-order valence-electron chi connectivity index (χ1n) is 13.5. The van der Waals surface area contributed by atoms with Crippen LogP contribution in [0, 0.1) is 12.8 Å². The second kappa shape index (κ2) is 13.1. The highest BCUT2D eigenvalue weighted by atomic mass is 32.2. The Morgan fingerprint density at radius 3 is 2.30 bits per heavy atom. The van der Waals surface area contributed by atoms with E-state index in [1.54, 1.807) is 30.5 Å². The van der Waals surface area contributed by atoms with Crippen LogP contribution in [0.2, 0.25) is 0 Å². The molecule has 10 nitrogen and oxygen atoms in total. The molecule has 0 saturated carbocycles. The minimum absolute atomic E-state index is 0.0705. The topological polar surface area (TPSA) is 117 Å². The summed E-state index contributed by atoms with van der Waals surface area (Å²) >= 11 is 0. The Balaban J connectivity index is 1.28. The zero-order valence-corrected chi connectivity index (χ0v) is 24.3. The van der Waals surface area contributed by atoms with Crippen LogP contribution in [0.15, 0.2) is 60.9 Å². The molecule has 0 radical (unpaired) electrons. The van der Waals surface area contributed by atoms with Crippen molar-refractivity contribution in [2.24, 2.45) is 5.92 Å². The van der Waals surface area contributed by atoms with Gasteiger partial charge in [0, 0.05) is 55.9 Å². The lowest BCUT2D eigenvalue weighted by molar-refractivity contribution is 0.116. The van der Waals surface area contributed by atoms with Gasteiger partial charge in [0.2, 0.25) is 15.9 Å². The van der Waals surface area contributed by atoms with Crippen molar-refractivity contribution < 1.29 is 17.9 Å². The molecule has 1 saturated heterocycles. The SMILES string of the molecule is Cc1ccc(NC(=O)N(CC(C)C)C2CCN(Cc3ccc(Oc4ccc(NS(C)(=O)=O)cc4)nc3)CC2)cn1. The Morgan fingerprint density at radius 2 is 1.73 bits per heavy atom. The van der Waals surface area contributed by atoms with Crippen molar-refractivity contribution >= 4 is 27.4 Å². The normalized spacial score (nSPS) is 14.6. The maximum Gasteiger partial charge on any atom is 0.322 e. The molecule has 2 aromatic heterocycles. The van der Waals surface area contributed by atoms with Gasteiger partial charge < -0.3 is 15.0 Å². The highest BCUT2D eigenvalue weighted by Crippen LogP contribution is 2.24. The highest BCUT2D eigenvalue weighted by Gasteiger charge is 2.28. The van der Waals surface area contributed by atoms with Crippen molar-refractivity contribution in [1.29, 1.82) is 0 Å². The maximum atomic E-state index is 13.2. The van der Waals surface area contributed by atoms with Crippen LogP contribution in [0.25, 0.3) is 0 Å². The Morgan fingerprint density at radius 1 is 1.02 bits per heavy atom. The van der Waals surface area contributed by atoms with Crippen molar-refractivity contribution in [2.75, 3.05) is 35.9 Å². The van der Waals surface area contributed by atoms with E-state index in [0.717, 1.165) is 50.0 Å². The Hall–Kier alpha value is -3.70. The standard InChI is InChI=1S/C29H38N6O4S/c1-21(2)19-35(29(36)32-25-7-5-22(3)30-18-25)26-13-15-34(16-14-26)20-23-6-12-28(31-17-23)39-27-10-8-24(9-11-27)33-40(4,37)38/h5-12,17-18,21,26,33H,13-16,19-20H2,1-4H3,(H,32,36). The van der Waals surface area contributed by atoms with Gasteiger partial charge in [-0.25, -0.2) is 18.2 Å². The van der Waals surface area contributed by atoms with Crippen LogP contribution in [0.5, 0.6) is 11.6 Å². The zero-order valence-electron chi connectivity index (χ0n) is 23.5. The lowest BCUT2D eigenvalue weighted by Gasteiger charge is -2.39.